The number of rotatable bonds is 9. The Kier molecular flexibility index (Phi) is 7.97. The highest BCUT2D eigenvalue weighted by Gasteiger charge is 2.47. The van der Waals surface area contributed by atoms with Crippen LogP contribution in [-0.2, 0) is 45.7 Å². The van der Waals surface area contributed by atoms with E-state index in [9.17, 15) is 44.3 Å². The summed E-state index contributed by atoms with van der Waals surface area (Å²) in [7, 11) is -3.76. The number of benzene rings is 1. The molecule has 44 heavy (non-hydrogen) atoms. The molecule has 3 aromatic rings. The Morgan fingerprint density at radius 2 is 1.93 bits per heavy atom. The molecular weight excluding hydrogens is 622 g/mol. The van der Waals surface area contributed by atoms with Gasteiger partial charge in [-0.1, -0.05) is 6.07 Å². The first-order valence-electron chi connectivity index (χ1n) is 13.3. The SMILES string of the molecule is CS(=O)(=O)CC(=O)Nc1c2c(nn1Cc1ccc(C(F)(F)F)o1)C[C@]1(CCc3cc(OCCCC(F)(F)F)ccc31)NC2=O. The van der Waals surface area contributed by atoms with Crippen LogP contribution in [0.15, 0.2) is 34.7 Å². The number of sulfone groups is 1. The number of hydrogen-bond acceptors (Lipinski definition) is 7. The molecule has 0 radical (unpaired) electrons. The molecule has 5 rings (SSSR count). The number of furan rings is 1. The Balaban J connectivity index is 1.43. The van der Waals surface area contributed by atoms with Crippen molar-refractivity contribution in [3.63, 3.8) is 0 Å². The van der Waals surface area contributed by atoms with E-state index in [0.29, 0.717) is 18.6 Å². The molecule has 1 spiro atoms. The minimum atomic E-state index is -4.75. The van der Waals surface area contributed by atoms with Gasteiger partial charge in [-0.2, -0.15) is 31.4 Å². The van der Waals surface area contributed by atoms with Gasteiger partial charge in [-0.15, -0.1) is 0 Å². The van der Waals surface area contributed by atoms with Crippen LogP contribution in [0.4, 0.5) is 32.2 Å². The van der Waals surface area contributed by atoms with Crippen LogP contribution in [0.25, 0.3) is 0 Å². The van der Waals surface area contributed by atoms with Crippen molar-refractivity contribution in [2.24, 2.45) is 0 Å². The second-order valence-corrected chi connectivity index (χ2v) is 12.9. The molecule has 1 aliphatic heterocycles. The summed E-state index contributed by atoms with van der Waals surface area (Å²) >= 11 is 0. The minimum Gasteiger partial charge on any atom is -0.494 e. The largest absolute Gasteiger partial charge is 0.494 e. The molecule has 0 saturated heterocycles. The first kappa shape index (κ1) is 31.4. The maximum atomic E-state index is 13.5. The summed E-state index contributed by atoms with van der Waals surface area (Å²) in [6.07, 6.45) is -8.30. The summed E-state index contributed by atoms with van der Waals surface area (Å²) in [6.45, 7) is -0.543. The molecule has 0 saturated carbocycles. The molecule has 2 amide bonds. The highest BCUT2D eigenvalue weighted by molar-refractivity contribution is 7.91. The summed E-state index contributed by atoms with van der Waals surface area (Å²) in [4.78, 5) is 26.1. The van der Waals surface area contributed by atoms with Gasteiger partial charge in [0.2, 0.25) is 11.7 Å². The molecule has 0 bridgehead atoms. The van der Waals surface area contributed by atoms with Crippen LogP contribution in [0.3, 0.4) is 0 Å². The van der Waals surface area contributed by atoms with Gasteiger partial charge in [0.15, 0.2) is 9.84 Å². The Hall–Kier alpha value is -4.02. The van der Waals surface area contributed by atoms with Gasteiger partial charge in [0.25, 0.3) is 5.91 Å². The quantitative estimate of drug-likeness (QED) is 0.260. The number of carbonyl (C=O) groups excluding carboxylic acids is 2. The summed E-state index contributed by atoms with van der Waals surface area (Å²) < 4.78 is 111. The zero-order chi connectivity index (χ0) is 32.1. The first-order valence-corrected chi connectivity index (χ1v) is 15.4. The lowest BCUT2D eigenvalue weighted by molar-refractivity contribution is -0.153. The fourth-order valence-electron chi connectivity index (χ4n) is 5.49. The van der Waals surface area contributed by atoms with E-state index in [4.69, 9.17) is 9.15 Å². The van der Waals surface area contributed by atoms with E-state index in [2.05, 4.69) is 15.7 Å². The molecule has 1 aliphatic carbocycles. The van der Waals surface area contributed by atoms with Crippen molar-refractivity contribution in [3.8, 4) is 5.75 Å². The standard InChI is InChI=1S/C27H26F6N4O6S/c1-44(40,41)14-21(38)34-23-22-19(36-37(23)13-17-4-6-20(43-17)27(31,32)33)12-25(35-24(22)39)9-7-15-11-16(3-5-18(15)25)42-10-2-8-26(28,29)30/h3-6,11H,2,7-10,12-14H2,1H3,(H,34,38)(H,35,39)/t25-/m0/s1. The van der Waals surface area contributed by atoms with Crippen molar-refractivity contribution >= 4 is 27.5 Å². The minimum absolute atomic E-state index is 0.0712. The molecule has 2 aromatic heterocycles. The molecule has 2 aliphatic rings. The predicted octanol–water partition coefficient (Wildman–Crippen LogP) is 4.38. The van der Waals surface area contributed by atoms with Gasteiger partial charge >= 0.3 is 12.4 Å². The number of nitrogens with zero attached hydrogens (tertiary/aromatic N) is 2. The van der Waals surface area contributed by atoms with Crippen LogP contribution in [0.5, 0.6) is 5.75 Å². The number of amides is 2. The zero-order valence-corrected chi connectivity index (χ0v) is 23.9. The van der Waals surface area contributed by atoms with E-state index in [0.717, 1.165) is 34.2 Å². The molecule has 0 unspecified atom stereocenters. The van der Waals surface area contributed by atoms with E-state index in [-0.39, 0.29) is 42.3 Å². The molecule has 1 atom stereocenters. The number of fused-ring (bicyclic) bond motifs is 3. The molecule has 17 heteroatoms. The van der Waals surface area contributed by atoms with Gasteiger partial charge in [-0.05, 0) is 54.7 Å². The van der Waals surface area contributed by atoms with Crippen molar-refractivity contribution < 1.29 is 53.5 Å². The molecule has 10 nitrogen and oxygen atoms in total. The Morgan fingerprint density at radius 1 is 1.18 bits per heavy atom. The van der Waals surface area contributed by atoms with Crippen LogP contribution in [0.1, 0.15) is 58.0 Å². The van der Waals surface area contributed by atoms with Crippen molar-refractivity contribution in [2.75, 3.05) is 23.9 Å². The van der Waals surface area contributed by atoms with E-state index < -0.39 is 64.0 Å². The predicted molar refractivity (Wildman–Crippen MR) is 142 cm³/mol. The monoisotopic (exact) mass is 648 g/mol. The van der Waals surface area contributed by atoms with Crippen LogP contribution >= 0.6 is 0 Å². The van der Waals surface area contributed by atoms with Crippen molar-refractivity contribution in [1.82, 2.24) is 15.1 Å². The van der Waals surface area contributed by atoms with Crippen molar-refractivity contribution in [1.29, 1.82) is 0 Å². The average molecular weight is 649 g/mol. The van der Waals surface area contributed by atoms with Crippen LogP contribution in [0, 0.1) is 0 Å². The molecular formula is C27H26F6N4O6S. The topological polar surface area (TPSA) is 133 Å². The van der Waals surface area contributed by atoms with Gasteiger partial charge in [0.1, 0.15) is 35.2 Å². The third-order valence-electron chi connectivity index (χ3n) is 7.26. The molecule has 2 N–H and O–H groups in total. The van der Waals surface area contributed by atoms with Gasteiger partial charge in [-0.3, -0.25) is 9.59 Å². The second-order valence-electron chi connectivity index (χ2n) is 10.8. The van der Waals surface area contributed by atoms with E-state index in [1.54, 1.807) is 18.2 Å². The molecule has 238 valence electrons. The highest BCUT2D eigenvalue weighted by atomic mass is 32.2. The highest BCUT2D eigenvalue weighted by Crippen LogP contribution is 2.44. The molecule has 1 aromatic carbocycles. The lowest BCUT2D eigenvalue weighted by Gasteiger charge is -2.35. The summed E-state index contributed by atoms with van der Waals surface area (Å²) in [5.41, 5.74) is 0.746. The normalized spacial score (nSPS) is 18.2. The van der Waals surface area contributed by atoms with E-state index in [1.165, 1.54) is 0 Å². The summed E-state index contributed by atoms with van der Waals surface area (Å²) in [5.74, 6) is -3.80. The summed E-state index contributed by atoms with van der Waals surface area (Å²) in [5, 5.41) is 9.76. The lowest BCUT2D eigenvalue weighted by atomic mass is 9.82. The second kappa shape index (κ2) is 11.2. The number of hydrogen-bond donors (Lipinski definition) is 2. The van der Waals surface area contributed by atoms with Crippen LogP contribution < -0.4 is 15.4 Å². The maximum Gasteiger partial charge on any atom is 0.449 e. The van der Waals surface area contributed by atoms with Crippen molar-refractivity contribution in [2.45, 2.75) is 56.5 Å². The number of aromatic nitrogens is 2. The third kappa shape index (κ3) is 6.87. The number of nitrogens with one attached hydrogen (secondary N) is 2. The lowest BCUT2D eigenvalue weighted by Crippen LogP contribution is -2.49. The Labute approximate surface area is 246 Å². The maximum absolute atomic E-state index is 13.5. The Morgan fingerprint density at radius 3 is 2.59 bits per heavy atom. The smallest absolute Gasteiger partial charge is 0.449 e. The van der Waals surface area contributed by atoms with E-state index >= 15 is 0 Å². The van der Waals surface area contributed by atoms with Gasteiger partial charge in [-0.25, -0.2) is 13.1 Å². The number of aryl methyl sites for hydroxylation is 1. The molecule has 0 fully saturated rings. The molecule has 3 heterocycles. The number of anilines is 1. The van der Waals surface area contributed by atoms with E-state index in [1.807, 2.05) is 0 Å². The fraction of sp³-hybridized carbons (Fsp3) is 0.444. The van der Waals surface area contributed by atoms with Gasteiger partial charge in [0, 0.05) is 19.1 Å². The van der Waals surface area contributed by atoms with Gasteiger partial charge < -0.3 is 19.8 Å². The fourth-order valence-corrected chi connectivity index (χ4v) is 6.04. The number of carbonyl (C=O) groups is 2. The van der Waals surface area contributed by atoms with Crippen LogP contribution in [0.2, 0.25) is 0 Å². The van der Waals surface area contributed by atoms with Crippen molar-refractivity contribution in [3.05, 3.63) is 64.2 Å². The first-order chi connectivity index (χ1) is 20.4. The Bertz CT molecular complexity index is 1710. The van der Waals surface area contributed by atoms with Gasteiger partial charge in [0.05, 0.1) is 17.8 Å². The van der Waals surface area contributed by atoms with Crippen LogP contribution in [-0.4, -0.2) is 54.8 Å². The number of alkyl halides is 6. The number of halogens is 6. The number of ether oxygens (including phenoxy) is 1. The third-order valence-corrected chi connectivity index (χ3v) is 8.05. The zero-order valence-electron chi connectivity index (χ0n) is 23.1. The summed E-state index contributed by atoms with van der Waals surface area (Å²) in [6, 6.07) is 6.80. The average Bonchev–Trinajstić information content (AvgIpc) is 3.57.